The minimum atomic E-state index is 0.705. The summed E-state index contributed by atoms with van der Waals surface area (Å²) in [7, 11) is 0. The Morgan fingerprint density at radius 3 is 3.07 bits per heavy atom. The summed E-state index contributed by atoms with van der Waals surface area (Å²) < 4.78 is 0. The Morgan fingerprint density at radius 2 is 2.27 bits per heavy atom. The Balaban J connectivity index is 2.50. The summed E-state index contributed by atoms with van der Waals surface area (Å²) in [4.78, 5) is 4.27. The van der Waals surface area contributed by atoms with Crippen LogP contribution in [0.25, 0.3) is 10.8 Å². The zero-order valence-corrected chi connectivity index (χ0v) is 8.40. The Bertz CT molecular complexity index is 491. The number of anilines is 2. The Kier molecular flexibility index (Phi) is 2.54. The van der Waals surface area contributed by atoms with Gasteiger partial charge in [-0.3, -0.25) is 0 Å². The van der Waals surface area contributed by atoms with Crippen LogP contribution in [0.4, 0.5) is 11.5 Å². The van der Waals surface area contributed by atoms with E-state index in [-0.39, 0.29) is 0 Å². The number of hydrogen-bond donors (Lipinski definition) is 2. The maximum Gasteiger partial charge on any atom is 0.134 e. The molecule has 0 aliphatic carbocycles. The molecule has 1 heterocycles. The first kappa shape index (κ1) is 9.52. The van der Waals surface area contributed by atoms with Gasteiger partial charge in [-0.2, -0.15) is 0 Å². The second-order valence-electron chi connectivity index (χ2n) is 3.31. The minimum Gasteiger partial charge on any atom is -0.399 e. The molecule has 0 amide bonds. The molecule has 0 saturated heterocycles. The average molecular weight is 199 g/mol. The molecule has 76 valence electrons. The van der Waals surface area contributed by atoms with Crippen LogP contribution in [0.5, 0.6) is 0 Å². The quantitative estimate of drug-likeness (QED) is 0.589. The topological polar surface area (TPSA) is 50.9 Å². The number of hydrogen-bond acceptors (Lipinski definition) is 3. The van der Waals surface area contributed by atoms with Crippen molar-refractivity contribution in [3.8, 4) is 0 Å². The molecule has 0 aliphatic heterocycles. The summed E-state index contributed by atoms with van der Waals surface area (Å²) in [6.45, 7) is 4.36. The smallest absolute Gasteiger partial charge is 0.134 e. The lowest BCUT2D eigenvalue weighted by molar-refractivity contribution is 1.25. The van der Waals surface area contributed by atoms with Crippen molar-refractivity contribution in [3.05, 3.63) is 43.1 Å². The first-order valence-electron chi connectivity index (χ1n) is 4.80. The molecule has 0 bridgehead atoms. The molecule has 2 aromatic rings. The van der Waals surface area contributed by atoms with E-state index in [1.54, 1.807) is 12.3 Å². The normalized spacial score (nSPS) is 10.1. The first-order valence-corrected chi connectivity index (χ1v) is 4.80. The maximum atomic E-state index is 5.72. The van der Waals surface area contributed by atoms with E-state index in [0.717, 1.165) is 22.3 Å². The molecule has 0 atom stereocenters. The van der Waals surface area contributed by atoms with Crippen molar-refractivity contribution in [1.82, 2.24) is 4.98 Å². The van der Waals surface area contributed by atoms with E-state index in [1.165, 1.54) is 0 Å². The number of benzene rings is 1. The van der Waals surface area contributed by atoms with Crippen molar-refractivity contribution >= 4 is 22.3 Å². The molecule has 1 aromatic heterocycles. The number of nitrogens with one attached hydrogen (secondary N) is 1. The van der Waals surface area contributed by atoms with Gasteiger partial charge >= 0.3 is 0 Å². The zero-order chi connectivity index (χ0) is 10.7. The van der Waals surface area contributed by atoms with Crippen LogP contribution in [0.15, 0.2) is 43.1 Å². The summed E-state index contributed by atoms with van der Waals surface area (Å²) >= 11 is 0. The highest BCUT2D eigenvalue weighted by atomic mass is 15.0. The van der Waals surface area contributed by atoms with Crippen LogP contribution < -0.4 is 11.1 Å². The van der Waals surface area contributed by atoms with E-state index in [0.29, 0.717) is 6.54 Å². The molecule has 0 unspecified atom stereocenters. The van der Waals surface area contributed by atoms with Crippen LogP contribution in [0.2, 0.25) is 0 Å². The van der Waals surface area contributed by atoms with Crippen molar-refractivity contribution < 1.29 is 0 Å². The van der Waals surface area contributed by atoms with Gasteiger partial charge in [0.05, 0.1) is 0 Å². The third-order valence-corrected chi connectivity index (χ3v) is 2.20. The van der Waals surface area contributed by atoms with E-state index in [2.05, 4.69) is 16.9 Å². The van der Waals surface area contributed by atoms with Gasteiger partial charge in [0, 0.05) is 23.8 Å². The molecular weight excluding hydrogens is 186 g/mol. The van der Waals surface area contributed by atoms with E-state index in [9.17, 15) is 0 Å². The monoisotopic (exact) mass is 199 g/mol. The zero-order valence-electron chi connectivity index (χ0n) is 8.40. The Morgan fingerprint density at radius 1 is 1.40 bits per heavy atom. The lowest BCUT2D eigenvalue weighted by atomic mass is 10.1. The molecule has 1 aromatic carbocycles. The van der Waals surface area contributed by atoms with Gasteiger partial charge in [-0.25, -0.2) is 4.98 Å². The predicted octanol–water partition coefficient (Wildman–Crippen LogP) is 2.41. The number of rotatable bonds is 3. The number of nitrogen functional groups attached to an aromatic ring is 1. The molecule has 3 N–H and O–H groups in total. The highest BCUT2D eigenvalue weighted by Gasteiger charge is 2.00. The van der Waals surface area contributed by atoms with Crippen LogP contribution >= 0.6 is 0 Å². The SMILES string of the molecule is C=CCNc1nccc2cc(N)ccc12. The van der Waals surface area contributed by atoms with Crippen molar-refractivity contribution in [2.75, 3.05) is 17.6 Å². The molecule has 0 fully saturated rings. The highest BCUT2D eigenvalue weighted by Crippen LogP contribution is 2.22. The lowest BCUT2D eigenvalue weighted by Crippen LogP contribution is -2.00. The molecule has 0 radical (unpaired) electrons. The first-order chi connectivity index (χ1) is 7.31. The molecule has 3 nitrogen and oxygen atoms in total. The van der Waals surface area contributed by atoms with Crippen LogP contribution in [-0.2, 0) is 0 Å². The van der Waals surface area contributed by atoms with E-state index in [4.69, 9.17) is 5.73 Å². The summed E-state index contributed by atoms with van der Waals surface area (Å²) in [6.07, 6.45) is 3.57. The third-order valence-electron chi connectivity index (χ3n) is 2.20. The van der Waals surface area contributed by atoms with Gasteiger partial charge in [-0.05, 0) is 29.7 Å². The van der Waals surface area contributed by atoms with Gasteiger partial charge in [0.2, 0.25) is 0 Å². The molecule has 2 rings (SSSR count). The standard InChI is InChI=1S/C12H13N3/c1-2-6-14-12-11-4-3-10(13)8-9(11)5-7-15-12/h2-5,7-8H,1,6,13H2,(H,14,15). The van der Waals surface area contributed by atoms with Gasteiger partial charge in [-0.15, -0.1) is 6.58 Å². The van der Waals surface area contributed by atoms with Gasteiger partial charge in [-0.1, -0.05) is 6.08 Å². The summed E-state index contributed by atoms with van der Waals surface area (Å²) in [5, 5.41) is 5.36. The Labute approximate surface area is 88.6 Å². The van der Waals surface area contributed by atoms with Crippen LogP contribution in [0.1, 0.15) is 0 Å². The lowest BCUT2D eigenvalue weighted by Gasteiger charge is -2.06. The van der Waals surface area contributed by atoms with Crippen molar-refractivity contribution in [2.45, 2.75) is 0 Å². The van der Waals surface area contributed by atoms with E-state index in [1.807, 2.05) is 24.3 Å². The molecule has 3 heteroatoms. The van der Waals surface area contributed by atoms with Crippen molar-refractivity contribution in [2.24, 2.45) is 0 Å². The summed E-state index contributed by atoms with van der Waals surface area (Å²) in [6, 6.07) is 7.74. The number of aromatic nitrogens is 1. The van der Waals surface area contributed by atoms with Crippen molar-refractivity contribution in [1.29, 1.82) is 0 Å². The van der Waals surface area contributed by atoms with Gasteiger partial charge in [0.25, 0.3) is 0 Å². The van der Waals surface area contributed by atoms with E-state index >= 15 is 0 Å². The molecule has 15 heavy (non-hydrogen) atoms. The number of nitrogens with two attached hydrogens (primary N) is 1. The number of pyridine rings is 1. The second kappa shape index (κ2) is 4.00. The fourth-order valence-corrected chi connectivity index (χ4v) is 1.51. The summed E-state index contributed by atoms with van der Waals surface area (Å²) in [5.41, 5.74) is 6.48. The molecule has 0 spiro atoms. The fourth-order valence-electron chi connectivity index (χ4n) is 1.51. The van der Waals surface area contributed by atoms with Gasteiger partial charge in [0.1, 0.15) is 5.82 Å². The Hall–Kier alpha value is -2.03. The fraction of sp³-hybridized carbons (Fsp3) is 0.0833. The molecule has 0 aliphatic rings. The maximum absolute atomic E-state index is 5.72. The van der Waals surface area contributed by atoms with Crippen molar-refractivity contribution in [3.63, 3.8) is 0 Å². The van der Waals surface area contributed by atoms with Gasteiger partial charge in [0.15, 0.2) is 0 Å². The van der Waals surface area contributed by atoms with E-state index < -0.39 is 0 Å². The summed E-state index contributed by atoms with van der Waals surface area (Å²) in [5.74, 6) is 0.868. The average Bonchev–Trinajstić information content (AvgIpc) is 2.25. The molecule has 0 saturated carbocycles. The number of nitrogens with zero attached hydrogens (tertiary/aromatic N) is 1. The third kappa shape index (κ3) is 1.91. The predicted molar refractivity (Wildman–Crippen MR) is 64.8 cm³/mol. The molecular formula is C12H13N3. The van der Waals surface area contributed by atoms with Crippen LogP contribution in [0.3, 0.4) is 0 Å². The minimum absolute atomic E-state index is 0.705. The van der Waals surface area contributed by atoms with Gasteiger partial charge < -0.3 is 11.1 Å². The second-order valence-corrected chi connectivity index (χ2v) is 3.31. The largest absolute Gasteiger partial charge is 0.399 e. The number of fused-ring (bicyclic) bond motifs is 1. The van der Waals surface area contributed by atoms with Crippen LogP contribution in [0, 0.1) is 0 Å². The highest BCUT2D eigenvalue weighted by molar-refractivity contribution is 5.93. The van der Waals surface area contributed by atoms with Crippen LogP contribution in [-0.4, -0.2) is 11.5 Å².